The maximum absolute atomic E-state index is 4.78. The summed E-state index contributed by atoms with van der Waals surface area (Å²) in [5.41, 5.74) is 1.18. The quantitative estimate of drug-likeness (QED) is 0.607. The van der Waals surface area contributed by atoms with Crippen molar-refractivity contribution in [1.29, 1.82) is 0 Å². The normalized spacial score (nSPS) is 15.6. The van der Waals surface area contributed by atoms with Crippen molar-refractivity contribution >= 4 is 22.6 Å². The summed E-state index contributed by atoms with van der Waals surface area (Å²) in [7, 11) is 0. The summed E-state index contributed by atoms with van der Waals surface area (Å²) in [6.07, 6.45) is 4.82. The largest absolute Gasteiger partial charge is 0.357 e. The van der Waals surface area contributed by atoms with Crippen molar-refractivity contribution in [2.24, 2.45) is 4.99 Å². The summed E-state index contributed by atoms with van der Waals surface area (Å²) in [5, 5.41) is 8.77. The van der Waals surface area contributed by atoms with Crippen LogP contribution in [0.4, 0.5) is 5.13 Å². The Hall–Kier alpha value is -2.16. The molecule has 0 atom stereocenters. The van der Waals surface area contributed by atoms with Gasteiger partial charge in [0.25, 0.3) is 0 Å². The molecule has 26 heavy (non-hydrogen) atoms. The number of nitrogens with one attached hydrogen (secondary N) is 1. The SMILES string of the molecule is CCNC(=NCCn1cc(C)cn1)N1CCN(c2nc(CC)ns2)CC1. The second-order valence-electron chi connectivity index (χ2n) is 6.34. The van der Waals surface area contributed by atoms with E-state index in [1.165, 1.54) is 17.1 Å². The third-order valence-corrected chi connectivity index (χ3v) is 5.13. The fourth-order valence-electron chi connectivity index (χ4n) is 2.90. The Morgan fingerprint density at radius 3 is 2.69 bits per heavy atom. The molecule has 0 amide bonds. The molecule has 1 aliphatic rings. The molecule has 0 spiro atoms. The zero-order valence-corrected chi connectivity index (χ0v) is 16.7. The van der Waals surface area contributed by atoms with Crippen LogP contribution in [0, 0.1) is 6.92 Å². The van der Waals surface area contributed by atoms with E-state index in [2.05, 4.69) is 50.3 Å². The highest BCUT2D eigenvalue weighted by Crippen LogP contribution is 2.19. The highest BCUT2D eigenvalue weighted by atomic mass is 32.1. The second kappa shape index (κ2) is 8.98. The molecule has 8 nitrogen and oxygen atoms in total. The molecule has 9 heteroatoms. The Labute approximate surface area is 159 Å². The number of hydrogen-bond donors (Lipinski definition) is 1. The number of hydrogen-bond acceptors (Lipinski definition) is 6. The van der Waals surface area contributed by atoms with Crippen molar-refractivity contribution in [2.45, 2.75) is 33.7 Å². The predicted molar refractivity (Wildman–Crippen MR) is 106 cm³/mol. The van der Waals surface area contributed by atoms with Crippen LogP contribution in [-0.2, 0) is 13.0 Å². The van der Waals surface area contributed by atoms with Crippen LogP contribution in [0.5, 0.6) is 0 Å². The number of guanidine groups is 1. The Morgan fingerprint density at radius 2 is 2.08 bits per heavy atom. The topological polar surface area (TPSA) is 74.5 Å². The third-order valence-electron chi connectivity index (χ3n) is 4.31. The second-order valence-corrected chi connectivity index (χ2v) is 7.07. The average Bonchev–Trinajstić information content (AvgIpc) is 3.30. The molecule has 0 radical (unpaired) electrons. The van der Waals surface area contributed by atoms with E-state index in [4.69, 9.17) is 4.99 Å². The third kappa shape index (κ3) is 4.72. The first-order valence-corrected chi connectivity index (χ1v) is 10.1. The highest BCUT2D eigenvalue weighted by molar-refractivity contribution is 7.09. The van der Waals surface area contributed by atoms with Crippen molar-refractivity contribution in [2.75, 3.05) is 44.2 Å². The van der Waals surface area contributed by atoms with Gasteiger partial charge in [0.2, 0.25) is 5.13 Å². The molecule has 2 aromatic rings. The maximum Gasteiger partial charge on any atom is 0.205 e. The van der Waals surface area contributed by atoms with Crippen LogP contribution < -0.4 is 10.2 Å². The Balaban J connectivity index is 1.54. The van der Waals surface area contributed by atoms with Gasteiger partial charge in [-0.2, -0.15) is 9.47 Å². The van der Waals surface area contributed by atoms with E-state index < -0.39 is 0 Å². The van der Waals surface area contributed by atoms with Crippen molar-refractivity contribution in [1.82, 2.24) is 29.4 Å². The van der Waals surface area contributed by atoms with Gasteiger partial charge < -0.3 is 15.1 Å². The first-order valence-electron chi connectivity index (χ1n) is 9.29. The monoisotopic (exact) mass is 376 g/mol. The number of aliphatic imine (C=N–C) groups is 1. The Kier molecular flexibility index (Phi) is 6.43. The lowest BCUT2D eigenvalue weighted by atomic mass is 10.3. The Bertz CT molecular complexity index is 714. The fraction of sp³-hybridized carbons (Fsp3) is 0.647. The van der Waals surface area contributed by atoms with Gasteiger partial charge in [-0.15, -0.1) is 0 Å². The van der Waals surface area contributed by atoms with Crippen LogP contribution in [0.15, 0.2) is 17.4 Å². The molecular weight excluding hydrogens is 348 g/mol. The van der Waals surface area contributed by atoms with Gasteiger partial charge >= 0.3 is 0 Å². The van der Waals surface area contributed by atoms with Crippen LogP contribution in [0.25, 0.3) is 0 Å². The van der Waals surface area contributed by atoms with Crippen LogP contribution >= 0.6 is 11.5 Å². The smallest absolute Gasteiger partial charge is 0.205 e. The van der Waals surface area contributed by atoms with Crippen LogP contribution in [0.1, 0.15) is 25.2 Å². The lowest BCUT2D eigenvalue weighted by Gasteiger charge is -2.36. The number of anilines is 1. The zero-order valence-electron chi connectivity index (χ0n) is 15.9. The molecule has 0 bridgehead atoms. The molecule has 0 unspecified atom stereocenters. The van der Waals surface area contributed by atoms with Gasteiger partial charge in [-0.05, 0) is 19.4 Å². The van der Waals surface area contributed by atoms with E-state index in [1.54, 1.807) is 0 Å². The first-order chi connectivity index (χ1) is 12.7. The fourth-order valence-corrected chi connectivity index (χ4v) is 3.70. The van der Waals surface area contributed by atoms with E-state index in [0.29, 0.717) is 0 Å². The molecule has 142 valence electrons. The minimum absolute atomic E-state index is 0.722. The van der Waals surface area contributed by atoms with Crippen molar-refractivity contribution < 1.29 is 0 Å². The summed E-state index contributed by atoms with van der Waals surface area (Å²) in [4.78, 5) is 14.0. The maximum atomic E-state index is 4.78. The number of rotatable bonds is 6. The van der Waals surface area contributed by atoms with Gasteiger partial charge in [0, 0.05) is 56.9 Å². The molecule has 3 rings (SSSR count). The minimum atomic E-state index is 0.722. The van der Waals surface area contributed by atoms with Gasteiger partial charge in [-0.3, -0.25) is 9.67 Å². The molecule has 3 heterocycles. The summed E-state index contributed by atoms with van der Waals surface area (Å²) < 4.78 is 6.34. The summed E-state index contributed by atoms with van der Waals surface area (Å²) in [6.45, 7) is 12.4. The average molecular weight is 377 g/mol. The number of aromatic nitrogens is 4. The molecule has 1 saturated heterocycles. The Morgan fingerprint density at radius 1 is 1.27 bits per heavy atom. The molecule has 1 N–H and O–H groups in total. The summed E-state index contributed by atoms with van der Waals surface area (Å²) in [6, 6.07) is 0. The number of nitrogens with zero attached hydrogens (tertiary/aromatic N) is 7. The minimum Gasteiger partial charge on any atom is -0.357 e. The van der Waals surface area contributed by atoms with Crippen LogP contribution in [0.2, 0.25) is 0 Å². The van der Waals surface area contributed by atoms with Gasteiger partial charge in [0.05, 0.1) is 19.3 Å². The molecule has 1 aliphatic heterocycles. The molecule has 0 aliphatic carbocycles. The number of piperazine rings is 1. The zero-order chi connectivity index (χ0) is 18.4. The summed E-state index contributed by atoms with van der Waals surface area (Å²) >= 11 is 1.50. The molecular formula is C17H28N8S. The lowest BCUT2D eigenvalue weighted by molar-refractivity contribution is 0.372. The van der Waals surface area contributed by atoms with Crippen LogP contribution in [0.3, 0.4) is 0 Å². The van der Waals surface area contributed by atoms with Gasteiger partial charge in [-0.1, -0.05) is 6.92 Å². The number of aryl methyl sites for hydroxylation is 2. The van der Waals surface area contributed by atoms with Gasteiger partial charge in [0.1, 0.15) is 5.82 Å². The van der Waals surface area contributed by atoms with Crippen molar-refractivity contribution in [3.05, 3.63) is 23.8 Å². The predicted octanol–water partition coefficient (Wildman–Crippen LogP) is 1.39. The van der Waals surface area contributed by atoms with Gasteiger partial charge in [0.15, 0.2) is 5.96 Å². The lowest BCUT2D eigenvalue weighted by Crippen LogP contribution is -2.52. The molecule has 0 aromatic carbocycles. The van der Waals surface area contributed by atoms with Crippen molar-refractivity contribution in [3.8, 4) is 0 Å². The van der Waals surface area contributed by atoms with Crippen LogP contribution in [-0.4, -0.2) is 69.3 Å². The van der Waals surface area contributed by atoms with E-state index in [9.17, 15) is 0 Å². The van der Waals surface area contributed by atoms with E-state index in [0.717, 1.165) is 69.1 Å². The van der Waals surface area contributed by atoms with E-state index >= 15 is 0 Å². The first kappa shape index (κ1) is 18.6. The summed E-state index contributed by atoms with van der Waals surface area (Å²) in [5.74, 6) is 1.93. The molecule has 2 aromatic heterocycles. The highest BCUT2D eigenvalue weighted by Gasteiger charge is 2.21. The molecule has 0 saturated carbocycles. The molecule has 1 fully saturated rings. The van der Waals surface area contributed by atoms with E-state index in [1.807, 2.05) is 17.1 Å². The van der Waals surface area contributed by atoms with Gasteiger partial charge in [-0.25, -0.2) is 4.98 Å². The van der Waals surface area contributed by atoms with Crippen molar-refractivity contribution in [3.63, 3.8) is 0 Å². The van der Waals surface area contributed by atoms with E-state index in [-0.39, 0.29) is 0 Å². The standard InChI is InChI=1S/C17H28N8S/c1-4-15-21-17(26-22-15)24-10-8-23(9-11-24)16(18-5-2)19-6-7-25-13-14(3)12-20-25/h12-13H,4-11H2,1-3H3,(H,18,19).